The molecule has 0 radical (unpaired) electrons. The smallest absolute Gasteiger partial charge is 0.191 e. The lowest BCUT2D eigenvalue weighted by Crippen LogP contribution is -2.39. The fourth-order valence-corrected chi connectivity index (χ4v) is 3.58. The van der Waals surface area contributed by atoms with Crippen molar-refractivity contribution in [3.63, 3.8) is 0 Å². The van der Waals surface area contributed by atoms with Gasteiger partial charge in [0.25, 0.3) is 0 Å². The molecule has 4 rings (SSSR count). The van der Waals surface area contributed by atoms with Gasteiger partial charge in [-0.1, -0.05) is 29.5 Å². The fraction of sp³-hybridized carbons (Fsp3) is 0.222. The van der Waals surface area contributed by atoms with Gasteiger partial charge in [-0.15, -0.1) is 34.2 Å². The second kappa shape index (κ2) is 9.64. The topological polar surface area (TPSA) is 91.5 Å². The molecule has 0 spiro atoms. The van der Waals surface area contributed by atoms with Gasteiger partial charge in [0.2, 0.25) is 0 Å². The molecule has 1 aromatic carbocycles. The minimum absolute atomic E-state index is 0. The number of fused-ring (bicyclic) bond motifs is 2. The monoisotopic (exact) mass is 508 g/mol. The van der Waals surface area contributed by atoms with Crippen molar-refractivity contribution in [2.24, 2.45) is 4.99 Å². The van der Waals surface area contributed by atoms with E-state index in [1.165, 1.54) is 4.70 Å². The van der Waals surface area contributed by atoms with Crippen LogP contribution in [0, 0.1) is 0 Å². The largest absolute Gasteiger partial charge is 0.360 e. The number of hydrogen-bond acceptors (Lipinski definition) is 6. The maximum absolute atomic E-state index is 4.56. The predicted octanol–water partition coefficient (Wildman–Crippen LogP) is 2.73. The SMILES string of the molecule is CN=C(NCCNc1nc2ccccc2s1)NCc1nnc2ccccn12.I. The van der Waals surface area contributed by atoms with Crippen LogP contribution in [0.1, 0.15) is 5.82 Å². The summed E-state index contributed by atoms with van der Waals surface area (Å²) in [6.45, 7) is 2.00. The Bertz CT molecular complexity index is 1040. The minimum Gasteiger partial charge on any atom is -0.360 e. The van der Waals surface area contributed by atoms with E-state index >= 15 is 0 Å². The van der Waals surface area contributed by atoms with Crippen LogP contribution >= 0.6 is 35.3 Å². The fourth-order valence-electron chi connectivity index (χ4n) is 2.69. The van der Waals surface area contributed by atoms with Crippen LogP contribution in [0.3, 0.4) is 0 Å². The highest BCUT2D eigenvalue weighted by molar-refractivity contribution is 14.0. The molecule has 0 fully saturated rings. The summed E-state index contributed by atoms with van der Waals surface area (Å²) >= 11 is 1.66. The van der Waals surface area contributed by atoms with Gasteiger partial charge in [-0.05, 0) is 24.3 Å². The van der Waals surface area contributed by atoms with Crippen molar-refractivity contribution in [3.05, 3.63) is 54.5 Å². The van der Waals surface area contributed by atoms with Gasteiger partial charge in [0, 0.05) is 26.3 Å². The molecule has 0 saturated heterocycles. The molecule has 146 valence electrons. The van der Waals surface area contributed by atoms with Crippen LogP contribution in [0.5, 0.6) is 0 Å². The number of rotatable bonds is 6. The first-order valence-corrected chi connectivity index (χ1v) is 9.48. The second-order valence-corrected chi connectivity index (χ2v) is 6.84. The first-order chi connectivity index (χ1) is 13.3. The van der Waals surface area contributed by atoms with Crippen molar-refractivity contribution < 1.29 is 0 Å². The van der Waals surface area contributed by atoms with Gasteiger partial charge in [-0.3, -0.25) is 9.39 Å². The molecule has 0 unspecified atom stereocenters. The van der Waals surface area contributed by atoms with E-state index in [0.717, 1.165) is 35.2 Å². The average Bonchev–Trinajstić information content (AvgIpc) is 3.31. The maximum Gasteiger partial charge on any atom is 0.191 e. The van der Waals surface area contributed by atoms with E-state index in [4.69, 9.17) is 0 Å². The number of pyridine rings is 1. The van der Waals surface area contributed by atoms with E-state index in [-0.39, 0.29) is 24.0 Å². The molecule has 0 atom stereocenters. The van der Waals surface area contributed by atoms with Crippen molar-refractivity contribution in [1.29, 1.82) is 0 Å². The Labute approximate surface area is 183 Å². The van der Waals surface area contributed by atoms with Crippen molar-refractivity contribution in [1.82, 2.24) is 30.2 Å². The molecule has 0 amide bonds. The number of guanidine groups is 1. The Morgan fingerprint density at radius 3 is 2.79 bits per heavy atom. The first-order valence-electron chi connectivity index (χ1n) is 8.66. The number of anilines is 1. The molecule has 3 N–H and O–H groups in total. The van der Waals surface area contributed by atoms with Crippen molar-refractivity contribution >= 4 is 62.3 Å². The summed E-state index contributed by atoms with van der Waals surface area (Å²) in [5.41, 5.74) is 1.85. The zero-order valence-corrected chi connectivity index (χ0v) is 18.4. The molecule has 3 heterocycles. The van der Waals surface area contributed by atoms with Gasteiger partial charge in [0.15, 0.2) is 22.6 Å². The van der Waals surface area contributed by atoms with Crippen LogP contribution in [0.4, 0.5) is 5.13 Å². The lowest BCUT2D eigenvalue weighted by Gasteiger charge is -2.11. The van der Waals surface area contributed by atoms with Crippen LogP contribution in [0.2, 0.25) is 0 Å². The number of aliphatic imine (C=N–C) groups is 1. The molecular weight excluding hydrogens is 487 g/mol. The number of halogens is 1. The van der Waals surface area contributed by atoms with Gasteiger partial charge < -0.3 is 16.0 Å². The van der Waals surface area contributed by atoms with Crippen LogP contribution in [0.15, 0.2) is 53.7 Å². The first kappa shape index (κ1) is 20.3. The Kier molecular flexibility index (Phi) is 6.98. The average molecular weight is 508 g/mol. The number of nitrogens with zero attached hydrogens (tertiary/aromatic N) is 5. The molecule has 0 aliphatic rings. The Morgan fingerprint density at radius 1 is 1.07 bits per heavy atom. The van der Waals surface area contributed by atoms with E-state index in [0.29, 0.717) is 12.5 Å². The lowest BCUT2D eigenvalue weighted by molar-refractivity contribution is 0.765. The van der Waals surface area contributed by atoms with E-state index in [2.05, 4.69) is 42.2 Å². The van der Waals surface area contributed by atoms with Crippen LogP contribution in [-0.2, 0) is 6.54 Å². The second-order valence-electron chi connectivity index (χ2n) is 5.81. The third-order valence-corrected chi connectivity index (χ3v) is 5.00. The van der Waals surface area contributed by atoms with E-state index in [1.54, 1.807) is 18.4 Å². The van der Waals surface area contributed by atoms with Gasteiger partial charge >= 0.3 is 0 Å². The molecule has 0 saturated carbocycles. The third-order valence-electron chi connectivity index (χ3n) is 4.01. The van der Waals surface area contributed by atoms with Crippen LogP contribution in [-0.4, -0.2) is 45.7 Å². The quantitative estimate of drug-likeness (QED) is 0.161. The number of para-hydroxylation sites is 1. The van der Waals surface area contributed by atoms with E-state index < -0.39 is 0 Å². The normalized spacial score (nSPS) is 11.4. The standard InChI is InChI=1S/C18H20N8S.HI/c1-19-17(22-12-16-25-24-15-8-4-5-11-26(15)16)20-9-10-21-18-23-13-6-2-3-7-14(13)27-18;/h2-8,11H,9-10,12H2,1H3,(H,21,23)(H2,19,20,22);1H. The van der Waals surface area contributed by atoms with E-state index in [9.17, 15) is 0 Å². The number of nitrogens with one attached hydrogen (secondary N) is 3. The third kappa shape index (κ3) is 4.68. The van der Waals surface area contributed by atoms with Crippen molar-refractivity contribution in [2.75, 3.05) is 25.5 Å². The zero-order valence-electron chi connectivity index (χ0n) is 15.3. The summed E-state index contributed by atoms with van der Waals surface area (Å²) in [7, 11) is 1.75. The number of hydrogen-bond donors (Lipinski definition) is 3. The Balaban J connectivity index is 0.00000225. The highest BCUT2D eigenvalue weighted by Crippen LogP contribution is 2.24. The molecule has 4 aromatic rings. The summed E-state index contributed by atoms with van der Waals surface area (Å²) in [6, 6.07) is 14.0. The van der Waals surface area contributed by atoms with Crippen LogP contribution < -0.4 is 16.0 Å². The van der Waals surface area contributed by atoms with Crippen molar-refractivity contribution in [3.8, 4) is 0 Å². The summed E-state index contributed by atoms with van der Waals surface area (Å²) in [5, 5.41) is 19.2. The summed E-state index contributed by atoms with van der Waals surface area (Å²) in [4.78, 5) is 8.81. The minimum atomic E-state index is 0. The zero-order chi connectivity index (χ0) is 18.5. The van der Waals surface area contributed by atoms with Gasteiger partial charge in [-0.25, -0.2) is 4.98 Å². The molecular formula is C18H21IN8S. The summed E-state index contributed by atoms with van der Waals surface area (Å²) in [5.74, 6) is 1.55. The van der Waals surface area contributed by atoms with Gasteiger partial charge in [0.05, 0.1) is 16.8 Å². The lowest BCUT2D eigenvalue weighted by atomic mass is 10.3. The number of aromatic nitrogens is 4. The van der Waals surface area contributed by atoms with Crippen LogP contribution in [0.25, 0.3) is 15.9 Å². The maximum atomic E-state index is 4.56. The number of thiazole rings is 1. The molecule has 0 aliphatic heterocycles. The Hall–Kier alpha value is -2.47. The highest BCUT2D eigenvalue weighted by atomic mass is 127. The molecule has 8 nitrogen and oxygen atoms in total. The van der Waals surface area contributed by atoms with Crippen molar-refractivity contribution in [2.45, 2.75) is 6.54 Å². The predicted molar refractivity (Wildman–Crippen MR) is 125 cm³/mol. The summed E-state index contributed by atoms with van der Waals surface area (Å²) in [6.07, 6.45) is 1.95. The highest BCUT2D eigenvalue weighted by Gasteiger charge is 2.06. The van der Waals surface area contributed by atoms with Gasteiger partial charge in [0.1, 0.15) is 0 Å². The summed E-state index contributed by atoms with van der Waals surface area (Å²) < 4.78 is 3.14. The molecule has 10 heteroatoms. The Morgan fingerprint density at radius 2 is 1.93 bits per heavy atom. The molecule has 3 aromatic heterocycles. The van der Waals surface area contributed by atoms with E-state index in [1.807, 2.05) is 47.0 Å². The molecule has 0 aliphatic carbocycles. The molecule has 0 bridgehead atoms. The number of benzene rings is 1. The van der Waals surface area contributed by atoms with Gasteiger partial charge in [-0.2, -0.15) is 0 Å². The molecule has 28 heavy (non-hydrogen) atoms.